The number of amides is 2. The van der Waals surface area contributed by atoms with Gasteiger partial charge in [-0.25, -0.2) is 4.98 Å². The highest BCUT2D eigenvalue weighted by atomic mass is 16.2. The van der Waals surface area contributed by atoms with Crippen molar-refractivity contribution in [1.29, 1.82) is 0 Å². The first-order valence-electron chi connectivity index (χ1n) is 8.90. The minimum atomic E-state index is -0.559. The molecule has 2 heterocycles. The molecule has 0 spiro atoms. The van der Waals surface area contributed by atoms with Crippen molar-refractivity contribution in [2.75, 3.05) is 11.4 Å². The molecular formula is C19H29N3O2. The molecule has 132 valence electrons. The van der Waals surface area contributed by atoms with Crippen LogP contribution in [0.4, 0.5) is 5.82 Å². The Labute approximate surface area is 144 Å². The Morgan fingerprint density at radius 1 is 1.17 bits per heavy atom. The summed E-state index contributed by atoms with van der Waals surface area (Å²) in [6, 6.07) is 3.52. The fraction of sp³-hybridized carbons (Fsp3) is 0.632. The summed E-state index contributed by atoms with van der Waals surface area (Å²) < 4.78 is 0. The third-order valence-corrected chi connectivity index (χ3v) is 4.42. The molecule has 1 aromatic rings. The van der Waals surface area contributed by atoms with Crippen molar-refractivity contribution in [2.24, 2.45) is 23.5 Å². The normalized spacial score (nSPS) is 14.4. The first-order chi connectivity index (χ1) is 11.3. The third-order valence-electron chi connectivity index (χ3n) is 4.42. The van der Waals surface area contributed by atoms with E-state index < -0.39 is 5.91 Å². The average Bonchev–Trinajstić information content (AvgIpc) is 2.51. The Kier molecular flexibility index (Phi) is 5.97. The summed E-state index contributed by atoms with van der Waals surface area (Å²) in [5.74, 6) is 1.12. The van der Waals surface area contributed by atoms with Gasteiger partial charge in [-0.2, -0.15) is 0 Å². The van der Waals surface area contributed by atoms with Crippen molar-refractivity contribution in [3.63, 3.8) is 0 Å². The molecule has 2 amide bonds. The van der Waals surface area contributed by atoms with Crippen LogP contribution in [0.1, 0.15) is 63.0 Å². The number of carbonyl (C=O) groups is 2. The Morgan fingerprint density at radius 3 is 2.33 bits per heavy atom. The Balaban J connectivity index is 2.32. The third kappa shape index (κ3) is 4.34. The summed E-state index contributed by atoms with van der Waals surface area (Å²) in [7, 11) is 0. The summed E-state index contributed by atoms with van der Waals surface area (Å²) in [5.41, 5.74) is 6.60. The van der Waals surface area contributed by atoms with E-state index >= 15 is 0 Å². The Morgan fingerprint density at radius 2 is 1.79 bits per heavy atom. The molecule has 0 aliphatic carbocycles. The predicted molar refractivity (Wildman–Crippen MR) is 95.8 cm³/mol. The minimum Gasteiger partial charge on any atom is -0.364 e. The van der Waals surface area contributed by atoms with Gasteiger partial charge in [-0.05, 0) is 49.1 Å². The van der Waals surface area contributed by atoms with E-state index in [4.69, 9.17) is 5.73 Å². The number of fused-ring (bicyclic) bond motifs is 1. The molecule has 1 aromatic heterocycles. The van der Waals surface area contributed by atoms with Crippen LogP contribution in [-0.4, -0.2) is 23.3 Å². The standard InChI is InChI=1S/C19H29N3O2/c1-12(2)10-15(11-13(3)4)19(24)22-9-5-6-14-7-8-16(17(20)23)21-18(14)22/h7-8,12-13,15H,5-6,9-11H2,1-4H3,(H2,20,23). The summed E-state index contributed by atoms with van der Waals surface area (Å²) in [6.45, 7) is 9.25. The molecule has 0 atom stereocenters. The van der Waals surface area contributed by atoms with Gasteiger partial charge in [-0.15, -0.1) is 0 Å². The van der Waals surface area contributed by atoms with Gasteiger partial charge in [0.25, 0.3) is 5.91 Å². The van der Waals surface area contributed by atoms with Crippen molar-refractivity contribution >= 4 is 17.6 Å². The monoisotopic (exact) mass is 331 g/mol. The lowest BCUT2D eigenvalue weighted by Gasteiger charge is -2.32. The lowest BCUT2D eigenvalue weighted by Crippen LogP contribution is -2.41. The number of aromatic nitrogens is 1. The topological polar surface area (TPSA) is 76.3 Å². The van der Waals surface area contributed by atoms with Crippen LogP contribution in [-0.2, 0) is 11.2 Å². The average molecular weight is 331 g/mol. The largest absolute Gasteiger partial charge is 0.364 e. The van der Waals surface area contributed by atoms with E-state index in [1.165, 1.54) is 0 Å². The highest BCUT2D eigenvalue weighted by molar-refractivity contribution is 5.96. The van der Waals surface area contributed by atoms with Gasteiger partial charge in [0, 0.05) is 12.5 Å². The molecule has 1 aliphatic heterocycles. The molecule has 0 radical (unpaired) electrons. The number of aryl methyl sites for hydroxylation is 1. The lowest BCUT2D eigenvalue weighted by atomic mass is 9.87. The molecule has 0 fully saturated rings. The van der Waals surface area contributed by atoms with E-state index in [9.17, 15) is 9.59 Å². The number of nitrogens with two attached hydrogens (primary N) is 1. The molecule has 2 rings (SSSR count). The fourth-order valence-corrected chi connectivity index (χ4v) is 3.45. The molecule has 0 bridgehead atoms. The molecular weight excluding hydrogens is 302 g/mol. The van der Waals surface area contributed by atoms with Crippen LogP contribution in [0.15, 0.2) is 12.1 Å². The number of rotatable bonds is 6. The van der Waals surface area contributed by atoms with Crippen molar-refractivity contribution < 1.29 is 9.59 Å². The van der Waals surface area contributed by atoms with Crippen LogP contribution in [0.2, 0.25) is 0 Å². The maximum absolute atomic E-state index is 13.2. The highest BCUT2D eigenvalue weighted by Gasteiger charge is 2.31. The molecule has 24 heavy (non-hydrogen) atoms. The van der Waals surface area contributed by atoms with E-state index in [1.54, 1.807) is 11.0 Å². The number of hydrogen-bond donors (Lipinski definition) is 1. The van der Waals surface area contributed by atoms with E-state index in [-0.39, 0.29) is 17.5 Å². The zero-order valence-electron chi connectivity index (χ0n) is 15.2. The van der Waals surface area contributed by atoms with Crippen LogP contribution in [0, 0.1) is 17.8 Å². The number of carbonyl (C=O) groups excluding carboxylic acids is 2. The number of anilines is 1. The lowest BCUT2D eigenvalue weighted by molar-refractivity contribution is -0.123. The maximum atomic E-state index is 13.2. The van der Waals surface area contributed by atoms with Gasteiger partial charge in [-0.3, -0.25) is 14.5 Å². The molecule has 0 unspecified atom stereocenters. The Hall–Kier alpha value is -1.91. The van der Waals surface area contributed by atoms with E-state index in [2.05, 4.69) is 32.7 Å². The molecule has 0 saturated heterocycles. The SMILES string of the molecule is CC(C)CC(CC(C)C)C(=O)N1CCCc2ccc(C(N)=O)nc21. The van der Waals surface area contributed by atoms with Crippen LogP contribution in [0.5, 0.6) is 0 Å². The second-order valence-electron chi connectivity index (χ2n) is 7.59. The minimum absolute atomic E-state index is 0.00464. The Bertz CT molecular complexity index is 601. The van der Waals surface area contributed by atoms with Crippen LogP contribution in [0.25, 0.3) is 0 Å². The van der Waals surface area contributed by atoms with Crippen molar-refractivity contribution in [2.45, 2.75) is 53.4 Å². The summed E-state index contributed by atoms with van der Waals surface area (Å²) >= 11 is 0. The zero-order valence-corrected chi connectivity index (χ0v) is 15.2. The number of nitrogens with zero attached hydrogens (tertiary/aromatic N) is 2. The van der Waals surface area contributed by atoms with Gasteiger partial charge in [0.15, 0.2) is 0 Å². The van der Waals surface area contributed by atoms with Gasteiger partial charge < -0.3 is 5.73 Å². The number of hydrogen-bond acceptors (Lipinski definition) is 3. The number of pyridine rings is 1. The molecule has 0 aromatic carbocycles. The van der Waals surface area contributed by atoms with Gasteiger partial charge in [-0.1, -0.05) is 33.8 Å². The molecule has 5 heteroatoms. The molecule has 5 nitrogen and oxygen atoms in total. The van der Waals surface area contributed by atoms with Gasteiger partial charge in [0.05, 0.1) is 0 Å². The fourth-order valence-electron chi connectivity index (χ4n) is 3.45. The van der Waals surface area contributed by atoms with E-state index in [0.717, 1.165) is 31.2 Å². The second-order valence-corrected chi connectivity index (χ2v) is 7.59. The van der Waals surface area contributed by atoms with Crippen LogP contribution >= 0.6 is 0 Å². The van der Waals surface area contributed by atoms with Crippen molar-refractivity contribution in [3.8, 4) is 0 Å². The summed E-state index contributed by atoms with van der Waals surface area (Å²) in [6.07, 6.45) is 3.55. The summed E-state index contributed by atoms with van der Waals surface area (Å²) in [4.78, 5) is 30.8. The quantitative estimate of drug-likeness (QED) is 0.870. The first kappa shape index (κ1) is 18.4. The maximum Gasteiger partial charge on any atom is 0.267 e. The zero-order chi connectivity index (χ0) is 17.9. The van der Waals surface area contributed by atoms with Gasteiger partial charge >= 0.3 is 0 Å². The molecule has 0 saturated carbocycles. The van der Waals surface area contributed by atoms with E-state index in [1.807, 2.05) is 6.07 Å². The predicted octanol–water partition coefficient (Wildman–Crippen LogP) is 3.17. The van der Waals surface area contributed by atoms with Gasteiger partial charge in [0.1, 0.15) is 11.5 Å². The molecule has 1 aliphatic rings. The van der Waals surface area contributed by atoms with Crippen molar-refractivity contribution in [1.82, 2.24) is 4.98 Å². The van der Waals surface area contributed by atoms with Gasteiger partial charge in [0.2, 0.25) is 5.91 Å². The first-order valence-corrected chi connectivity index (χ1v) is 8.90. The smallest absolute Gasteiger partial charge is 0.267 e. The van der Waals surface area contributed by atoms with Crippen molar-refractivity contribution in [3.05, 3.63) is 23.4 Å². The second kappa shape index (κ2) is 7.77. The molecule has 2 N–H and O–H groups in total. The van der Waals surface area contributed by atoms with Crippen LogP contribution in [0.3, 0.4) is 0 Å². The highest BCUT2D eigenvalue weighted by Crippen LogP contribution is 2.30. The number of primary amides is 1. The van der Waals surface area contributed by atoms with E-state index in [0.29, 0.717) is 24.2 Å². The van der Waals surface area contributed by atoms with Crippen LogP contribution < -0.4 is 10.6 Å². The summed E-state index contributed by atoms with van der Waals surface area (Å²) in [5, 5.41) is 0.